The van der Waals surface area contributed by atoms with Crippen LogP contribution in [-0.2, 0) is 6.54 Å². The molecule has 0 radical (unpaired) electrons. The Balaban J connectivity index is 1.36. The molecule has 3 aromatic heterocycles. The molecule has 0 bridgehead atoms. The van der Waals surface area contributed by atoms with Crippen LogP contribution in [0, 0.1) is 0 Å². The summed E-state index contributed by atoms with van der Waals surface area (Å²) in [4.78, 5) is 21.8. The van der Waals surface area contributed by atoms with Gasteiger partial charge >= 0.3 is 0 Å². The second kappa shape index (κ2) is 7.68. The normalized spacial score (nSPS) is 14.3. The molecule has 0 atom stereocenters. The standard InChI is InChI=1S/C17H19N9/c1-2-5-18-14(4-1)12-21-16-23-15(13-22-24-16)25-8-10-26(11-9-25)17-19-6-3-7-20-17/h1-7,13H,8-12H2,(H,21,23,24). The maximum absolute atomic E-state index is 4.57. The van der Waals surface area contributed by atoms with Gasteiger partial charge in [-0.05, 0) is 18.2 Å². The molecular formula is C17H19N9. The number of pyridine rings is 1. The van der Waals surface area contributed by atoms with Crippen LogP contribution in [0.2, 0.25) is 0 Å². The van der Waals surface area contributed by atoms with Crippen LogP contribution >= 0.6 is 0 Å². The van der Waals surface area contributed by atoms with Crippen molar-refractivity contribution in [2.45, 2.75) is 6.54 Å². The van der Waals surface area contributed by atoms with Crippen LogP contribution in [0.25, 0.3) is 0 Å². The van der Waals surface area contributed by atoms with Crippen LogP contribution in [0.3, 0.4) is 0 Å². The second-order valence-corrected chi connectivity index (χ2v) is 5.84. The highest BCUT2D eigenvalue weighted by Crippen LogP contribution is 2.16. The van der Waals surface area contributed by atoms with E-state index >= 15 is 0 Å². The Kier molecular flexibility index (Phi) is 4.77. The molecule has 132 valence electrons. The molecule has 1 N–H and O–H groups in total. The fourth-order valence-corrected chi connectivity index (χ4v) is 2.78. The maximum atomic E-state index is 4.57. The fraction of sp³-hybridized carbons (Fsp3) is 0.294. The van der Waals surface area contributed by atoms with Crippen LogP contribution in [0.5, 0.6) is 0 Å². The first-order chi connectivity index (χ1) is 12.9. The molecule has 1 saturated heterocycles. The van der Waals surface area contributed by atoms with Gasteiger partial charge in [-0.3, -0.25) is 4.98 Å². The van der Waals surface area contributed by atoms with Crippen molar-refractivity contribution < 1.29 is 0 Å². The Morgan fingerprint density at radius 3 is 2.42 bits per heavy atom. The molecule has 4 heterocycles. The van der Waals surface area contributed by atoms with Gasteiger partial charge in [0.05, 0.1) is 18.4 Å². The topological polar surface area (TPSA) is 95.9 Å². The van der Waals surface area contributed by atoms with Gasteiger partial charge in [0.15, 0.2) is 5.82 Å². The maximum Gasteiger partial charge on any atom is 0.245 e. The molecule has 0 saturated carbocycles. The van der Waals surface area contributed by atoms with E-state index < -0.39 is 0 Å². The molecule has 9 heteroatoms. The molecule has 0 aliphatic carbocycles. The van der Waals surface area contributed by atoms with E-state index in [1.54, 1.807) is 24.8 Å². The van der Waals surface area contributed by atoms with Gasteiger partial charge in [-0.15, -0.1) is 5.10 Å². The van der Waals surface area contributed by atoms with Crippen molar-refractivity contribution in [1.82, 2.24) is 30.1 Å². The molecule has 9 nitrogen and oxygen atoms in total. The molecule has 0 aromatic carbocycles. The lowest BCUT2D eigenvalue weighted by Gasteiger charge is -2.35. The minimum Gasteiger partial charge on any atom is -0.352 e. The quantitative estimate of drug-likeness (QED) is 0.723. The number of hydrogen-bond acceptors (Lipinski definition) is 9. The van der Waals surface area contributed by atoms with Crippen LogP contribution < -0.4 is 15.1 Å². The van der Waals surface area contributed by atoms with E-state index in [-0.39, 0.29) is 0 Å². The summed E-state index contributed by atoms with van der Waals surface area (Å²) in [5, 5.41) is 11.3. The van der Waals surface area contributed by atoms with Gasteiger partial charge in [-0.2, -0.15) is 10.1 Å². The highest BCUT2D eigenvalue weighted by molar-refractivity contribution is 5.43. The summed E-state index contributed by atoms with van der Waals surface area (Å²) < 4.78 is 0. The lowest BCUT2D eigenvalue weighted by Crippen LogP contribution is -2.47. The molecule has 1 aliphatic rings. The van der Waals surface area contributed by atoms with E-state index in [1.807, 2.05) is 24.3 Å². The molecule has 1 aliphatic heterocycles. The average molecular weight is 349 g/mol. The number of nitrogens with zero attached hydrogens (tertiary/aromatic N) is 8. The molecule has 0 amide bonds. The SMILES string of the molecule is c1ccc(CNc2nncc(N3CCN(c4ncccn4)CC3)n2)nc1. The molecule has 3 aromatic rings. The molecular weight excluding hydrogens is 330 g/mol. The first kappa shape index (κ1) is 16.1. The predicted molar refractivity (Wildman–Crippen MR) is 97.8 cm³/mol. The number of piperazine rings is 1. The highest BCUT2D eigenvalue weighted by atomic mass is 15.4. The third-order valence-electron chi connectivity index (χ3n) is 4.14. The van der Waals surface area contributed by atoms with Crippen molar-refractivity contribution in [2.75, 3.05) is 41.3 Å². The lowest BCUT2D eigenvalue weighted by atomic mass is 10.3. The number of hydrogen-bond donors (Lipinski definition) is 1. The summed E-state index contributed by atoms with van der Waals surface area (Å²) in [7, 11) is 0. The molecule has 26 heavy (non-hydrogen) atoms. The number of nitrogens with one attached hydrogen (secondary N) is 1. The fourth-order valence-electron chi connectivity index (χ4n) is 2.78. The van der Waals surface area contributed by atoms with E-state index in [0.717, 1.165) is 43.6 Å². The molecule has 0 unspecified atom stereocenters. The minimum absolute atomic E-state index is 0.502. The van der Waals surface area contributed by atoms with Crippen LogP contribution in [0.15, 0.2) is 49.1 Å². The molecule has 1 fully saturated rings. The van der Waals surface area contributed by atoms with Crippen molar-refractivity contribution in [2.24, 2.45) is 0 Å². The smallest absolute Gasteiger partial charge is 0.245 e. The number of aromatic nitrogens is 6. The van der Waals surface area contributed by atoms with Crippen LogP contribution in [0.1, 0.15) is 5.69 Å². The van der Waals surface area contributed by atoms with E-state index in [0.29, 0.717) is 12.5 Å². The van der Waals surface area contributed by atoms with Crippen LogP contribution in [-0.4, -0.2) is 56.3 Å². The third-order valence-corrected chi connectivity index (χ3v) is 4.14. The molecule has 0 spiro atoms. The zero-order valence-corrected chi connectivity index (χ0v) is 14.2. The highest BCUT2D eigenvalue weighted by Gasteiger charge is 2.20. The zero-order chi connectivity index (χ0) is 17.6. The summed E-state index contributed by atoms with van der Waals surface area (Å²) in [5.41, 5.74) is 0.929. The van der Waals surface area contributed by atoms with E-state index in [1.165, 1.54) is 0 Å². The van der Waals surface area contributed by atoms with Crippen molar-refractivity contribution in [3.63, 3.8) is 0 Å². The monoisotopic (exact) mass is 349 g/mol. The molecule has 4 rings (SSSR count). The van der Waals surface area contributed by atoms with Gasteiger partial charge in [0.1, 0.15) is 0 Å². The average Bonchev–Trinajstić information content (AvgIpc) is 2.74. The van der Waals surface area contributed by atoms with E-state index in [9.17, 15) is 0 Å². The largest absolute Gasteiger partial charge is 0.352 e. The summed E-state index contributed by atoms with van der Waals surface area (Å²) >= 11 is 0. The van der Waals surface area contributed by atoms with E-state index in [2.05, 4.69) is 45.2 Å². The summed E-state index contributed by atoms with van der Waals surface area (Å²) in [6.45, 7) is 3.90. The van der Waals surface area contributed by atoms with Crippen molar-refractivity contribution in [1.29, 1.82) is 0 Å². The van der Waals surface area contributed by atoms with Crippen molar-refractivity contribution in [3.05, 3.63) is 54.7 Å². The summed E-state index contributed by atoms with van der Waals surface area (Å²) in [5.74, 6) is 2.09. The Morgan fingerprint density at radius 2 is 1.65 bits per heavy atom. The third kappa shape index (κ3) is 3.82. The Hall–Kier alpha value is -3.36. The Labute approximate surface area is 151 Å². The van der Waals surface area contributed by atoms with Gasteiger partial charge < -0.3 is 15.1 Å². The summed E-state index contributed by atoms with van der Waals surface area (Å²) in [6.07, 6.45) is 6.99. The number of anilines is 3. The van der Waals surface area contributed by atoms with Gasteiger partial charge in [-0.25, -0.2) is 9.97 Å². The first-order valence-corrected chi connectivity index (χ1v) is 8.49. The lowest BCUT2D eigenvalue weighted by molar-refractivity contribution is 0.632. The van der Waals surface area contributed by atoms with Crippen molar-refractivity contribution in [3.8, 4) is 0 Å². The summed E-state index contributed by atoms with van der Waals surface area (Å²) in [6, 6.07) is 7.62. The van der Waals surface area contributed by atoms with Gasteiger partial charge in [0, 0.05) is 44.8 Å². The van der Waals surface area contributed by atoms with Crippen LogP contribution in [0.4, 0.5) is 17.7 Å². The van der Waals surface area contributed by atoms with Gasteiger partial charge in [-0.1, -0.05) is 6.07 Å². The Morgan fingerprint density at radius 1 is 0.885 bits per heavy atom. The van der Waals surface area contributed by atoms with Gasteiger partial charge in [0.25, 0.3) is 0 Å². The van der Waals surface area contributed by atoms with E-state index in [4.69, 9.17) is 0 Å². The second-order valence-electron chi connectivity index (χ2n) is 5.84. The zero-order valence-electron chi connectivity index (χ0n) is 14.2. The Bertz CT molecular complexity index is 820. The first-order valence-electron chi connectivity index (χ1n) is 8.49. The predicted octanol–water partition coefficient (Wildman–Crippen LogP) is 0.995. The van der Waals surface area contributed by atoms with Crippen molar-refractivity contribution >= 4 is 17.7 Å². The number of rotatable bonds is 5. The minimum atomic E-state index is 0.502. The van der Waals surface area contributed by atoms with Gasteiger partial charge in [0.2, 0.25) is 11.9 Å².